The monoisotopic (exact) mass is 406 g/mol. The zero-order valence-electron chi connectivity index (χ0n) is 16.0. The van der Waals surface area contributed by atoms with Crippen molar-refractivity contribution >= 4 is 28.5 Å². The van der Waals surface area contributed by atoms with Gasteiger partial charge in [-0.2, -0.15) is 5.26 Å². The molecule has 2 aromatic carbocycles. The molecule has 0 unspecified atom stereocenters. The Bertz CT molecular complexity index is 1030. The number of benzene rings is 2. The second-order valence-electron chi connectivity index (χ2n) is 6.60. The molecule has 0 aliphatic heterocycles. The van der Waals surface area contributed by atoms with Crippen LogP contribution in [0.1, 0.15) is 37.7 Å². The summed E-state index contributed by atoms with van der Waals surface area (Å²) < 4.78 is 6.19. The highest BCUT2D eigenvalue weighted by molar-refractivity contribution is 7.99. The number of unbranched alkanes of at least 4 members (excludes halogenated alkanes) is 3. The van der Waals surface area contributed by atoms with Crippen LogP contribution in [0, 0.1) is 11.3 Å². The third kappa shape index (κ3) is 5.72. The van der Waals surface area contributed by atoms with Gasteiger partial charge in [0, 0.05) is 23.4 Å². The summed E-state index contributed by atoms with van der Waals surface area (Å²) in [5.41, 5.74) is 0.622. The van der Waals surface area contributed by atoms with Crippen LogP contribution in [0.4, 0.5) is 0 Å². The second kappa shape index (κ2) is 10.5. The molecular weight excluding hydrogens is 384 g/mol. The van der Waals surface area contributed by atoms with Gasteiger partial charge in [-0.25, -0.2) is 0 Å². The molecule has 0 bridgehead atoms. The molecule has 0 saturated carbocycles. The average Bonchev–Trinajstić information content (AvgIpc) is 2.74. The third-order valence-corrected chi connectivity index (χ3v) is 5.65. The minimum absolute atomic E-state index is 0.244. The smallest absolute Gasteiger partial charge is 0.303 e. The van der Waals surface area contributed by atoms with E-state index in [1.54, 1.807) is 30.2 Å². The fourth-order valence-electron chi connectivity index (χ4n) is 3.05. The maximum absolute atomic E-state index is 10.5. The molecule has 3 rings (SSSR count). The summed E-state index contributed by atoms with van der Waals surface area (Å²) in [7, 11) is 0. The number of pyridine rings is 1. The second-order valence-corrected chi connectivity index (χ2v) is 7.74. The van der Waals surface area contributed by atoms with E-state index in [0.717, 1.165) is 47.1 Å². The summed E-state index contributed by atoms with van der Waals surface area (Å²) in [4.78, 5) is 15.7. The van der Waals surface area contributed by atoms with Gasteiger partial charge in [0.05, 0.1) is 22.7 Å². The van der Waals surface area contributed by atoms with Gasteiger partial charge in [-0.3, -0.25) is 9.78 Å². The Balaban J connectivity index is 1.65. The van der Waals surface area contributed by atoms with E-state index >= 15 is 0 Å². The number of rotatable bonds is 10. The van der Waals surface area contributed by atoms with Crippen LogP contribution >= 0.6 is 11.8 Å². The van der Waals surface area contributed by atoms with Crippen LogP contribution in [-0.4, -0.2) is 21.8 Å². The predicted octanol–water partition coefficient (Wildman–Crippen LogP) is 6.03. The summed E-state index contributed by atoms with van der Waals surface area (Å²) in [6.45, 7) is 0. The van der Waals surface area contributed by atoms with Crippen LogP contribution in [0.2, 0.25) is 0 Å². The number of hydrogen-bond donors (Lipinski definition) is 1. The van der Waals surface area contributed by atoms with E-state index in [1.807, 2.05) is 36.4 Å². The summed E-state index contributed by atoms with van der Waals surface area (Å²) in [6, 6.07) is 15.5. The number of carboxylic acids is 1. The number of fused-ring (bicyclic) bond motifs is 1. The van der Waals surface area contributed by atoms with Crippen LogP contribution in [0.25, 0.3) is 10.8 Å². The number of thioether (sulfide) groups is 1. The number of hydrogen-bond acceptors (Lipinski definition) is 5. The van der Waals surface area contributed by atoms with Gasteiger partial charge in [0.25, 0.3) is 0 Å². The SMILES string of the molecule is N#Cc1ccc(Oc2cnccc2SCCCCCCC(=O)O)c2ccccc12. The first-order chi connectivity index (χ1) is 14.2. The van der Waals surface area contributed by atoms with Crippen molar-refractivity contribution in [3.8, 4) is 17.6 Å². The first-order valence-corrected chi connectivity index (χ1v) is 10.6. The summed E-state index contributed by atoms with van der Waals surface area (Å²) in [5, 5.41) is 19.8. The highest BCUT2D eigenvalue weighted by Crippen LogP contribution is 2.36. The molecule has 0 spiro atoms. The van der Waals surface area contributed by atoms with Crippen molar-refractivity contribution in [2.45, 2.75) is 37.0 Å². The predicted molar refractivity (Wildman–Crippen MR) is 114 cm³/mol. The zero-order valence-corrected chi connectivity index (χ0v) is 16.8. The number of aliphatic carboxylic acids is 1. The Morgan fingerprint density at radius 1 is 1.03 bits per heavy atom. The molecule has 5 nitrogen and oxygen atoms in total. The number of aromatic nitrogens is 1. The van der Waals surface area contributed by atoms with Crippen molar-refractivity contribution in [2.24, 2.45) is 0 Å². The quantitative estimate of drug-likeness (QED) is 0.327. The summed E-state index contributed by atoms with van der Waals surface area (Å²) in [6.07, 6.45) is 7.40. The Hall–Kier alpha value is -3.04. The average molecular weight is 407 g/mol. The highest BCUT2D eigenvalue weighted by atomic mass is 32.2. The molecule has 0 saturated heterocycles. The van der Waals surface area contributed by atoms with Crippen molar-refractivity contribution < 1.29 is 14.6 Å². The van der Waals surface area contributed by atoms with E-state index in [0.29, 0.717) is 17.1 Å². The maximum Gasteiger partial charge on any atom is 0.303 e. The molecular formula is C23H22N2O3S. The molecule has 0 fully saturated rings. The van der Waals surface area contributed by atoms with Gasteiger partial charge in [-0.15, -0.1) is 11.8 Å². The van der Waals surface area contributed by atoms with Crippen LogP contribution in [0.15, 0.2) is 59.8 Å². The number of carbonyl (C=O) groups is 1. The molecule has 0 aliphatic rings. The van der Waals surface area contributed by atoms with Crippen molar-refractivity contribution in [1.82, 2.24) is 4.98 Å². The van der Waals surface area contributed by atoms with Gasteiger partial charge < -0.3 is 9.84 Å². The lowest BCUT2D eigenvalue weighted by Gasteiger charge is -2.13. The van der Waals surface area contributed by atoms with Gasteiger partial charge >= 0.3 is 5.97 Å². The Morgan fingerprint density at radius 3 is 2.62 bits per heavy atom. The minimum Gasteiger partial charge on any atom is -0.481 e. The van der Waals surface area contributed by atoms with Crippen molar-refractivity contribution in [1.29, 1.82) is 5.26 Å². The Labute approximate surface area is 174 Å². The van der Waals surface area contributed by atoms with Gasteiger partial charge in [0.2, 0.25) is 0 Å². The van der Waals surface area contributed by atoms with Gasteiger partial charge in [0.15, 0.2) is 5.75 Å². The van der Waals surface area contributed by atoms with Gasteiger partial charge in [-0.1, -0.05) is 37.1 Å². The van der Waals surface area contributed by atoms with Crippen LogP contribution in [-0.2, 0) is 4.79 Å². The molecule has 0 amide bonds. The number of nitrogens with zero attached hydrogens (tertiary/aromatic N) is 2. The van der Waals surface area contributed by atoms with E-state index in [9.17, 15) is 10.1 Å². The van der Waals surface area contributed by atoms with Crippen molar-refractivity contribution in [2.75, 3.05) is 5.75 Å². The van der Waals surface area contributed by atoms with Gasteiger partial charge in [-0.05, 0) is 36.8 Å². The maximum atomic E-state index is 10.5. The normalized spacial score (nSPS) is 10.6. The number of carboxylic acid groups (broad SMARTS) is 1. The molecule has 1 aromatic heterocycles. The van der Waals surface area contributed by atoms with E-state index < -0.39 is 5.97 Å². The first kappa shape index (κ1) is 20.7. The van der Waals surface area contributed by atoms with Crippen molar-refractivity contribution in [3.05, 3.63) is 60.4 Å². The molecule has 148 valence electrons. The minimum atomic E-state index is -0.728. The molecule has 1 heterocycles. The molecule has 0 atom stereocenters. The summed E-state index contributed by atoms with van der Waals surface area (Å²) >= 11 is 1.71. The lowest BCUT2D eigenvalue weighted by Crippen LogP contribution is -1.94. The molecule has 1 N–H and O–H groups in total. The van der Waals surface area contributed by atoms with E-state index in [-0.39, 0.29) is 6.42 Å². The first-order valence-electron chi connectivity index (χ1n) is 9.57. The van der Waals surface area contributed by atoms with Crippen LogP contribution in [0.5, 0.6) is 11.5 Å². The zero-order chi connectivity index (χ0) is 20.5. The van der Waals surface area contributed by atoms with Crippen LogP contribution < -0.4 is 4.74 Å². The fourth-order valence-corrected chi connectivity index (χ4v) is 4.02. The molecule has 29 heavy (non-hydrogen) atoms. The topological polar surface area (TPSA) is 83.2 Å². The molecule has 0 radical (unpaired) electrons. The lowest BCUT2D eigenvalue weighted by atomic mass is 10.0. The summed E-state index contributed by atoms with van der Waals surface area (Å²) in [5.74, 6) is 1.59. The third-order valence-electron chi connectivity index (χ3n) is 4.51. The van der Waals surface area contributed by atoms with Crippen molar-refractivity contribution in [3.63, 3.8) is 0 Å². The molecule has 6 heteroatoms. The fraction of sp³-hybridized carbons (Fsp3) is 0.261. The molecule has 0 aliphatic carbocycles. The van der Waals surface area contributed by atoms with E-state index in [2.05, 4.69) is 11.1 Å². The largest absolute Gasteiger partial charge is 0.481 e. The Kier molecular flexibility index (Phi) is 7.48. The van der Waals surface area contributed by atoms with E-state index in [4.69, 9.17) is 9.84 Å². The number of ether oxygens (including phenoxy) is 1. The standard InChI is InChI=1S/C23H22N2O3S/c24-15-17-10-11-20(19-8-5-4-7-18(17)19)28-21-16-25-13-12-22(21)29-14-6-2-1-3-9-23(26)27/h4-5,7-8,10-13,16H,1-3,6,9,14H2,(H,26,27). The van der Waals surface area contributed by atoms with Gasteiger partial charge in [0.1, 0.15) is 5.75 Å². The highest BCUT2D eigenvalue weighted by Gasteiger charge is 2.10. The van der Waals surface area contributed by atoms with E-state index in [1.165, 1.54) is 0 Å². The lowest BCUT2D eigenvalue weighted by molar-refractivity contribution is -0.137. The molecule has 3 aromatic rings. The Morgan fingerprint density at radius 2 is 1.83 bits per heavy atom. The van der Waals surface area contributed by atoms with Crippen LogP contribution in [0.3, 0.4) is 0 Å². The number of nitriles is 1.